The van der Waals surface area contributed by atoms with E-state index in [1.54, 1.807) is 7.11 Å². The van der Waals surface area contributed by atoms with Crippen molar-refractivity contribution in [2.45, 2.75) is 31.2 Å². The first kappa shape index (κ1) is 18.2. The van der Waals surface area contributed by atoms with Crippen LogP contribution in [0.1, 0.15) is 31.2 Å². The van der Waals surface area contributed by atoms with Crippen molar-refractivity contribution in [1.29, 1.82) is 0 Å². The van der Waals surface area contributed by atoms with E-state index in [9.17, 15) is 9.59 Å². The highest BCUT2D eigenvalue weighted by Gasteiger charge is 2.39. The summed E-state index contributed by atoms with van der Waals surface area (Å²) in [6, 6.07) is 11.6. The number of hydrogen-bond donors (Lipinski definition) is 2. The summed E-state index contributed by atoms with van der Waals surface area (Å²) in [5.41, 5.74) is 0.0612. The summed E-state index contributed by atoms with van der Waals surface area (Å²) in [4.78, 5) is 23.9. The summed E-state index contributed by atoms with van der Waals surface area (Å²) in [5.74, 6) is -0.742. The number of carboxylic acids is 1. The summed E-state index contributed by atoms with van der Waals surface area (Å²) in [6.45, 7) is 2.51. The lowest BCUT2D eigenvalue weighted by atomic mass is 9.91. The number of fused-ring (bicyclic) bond motifs is 1. The quantitative estimate of drug-likeness (QED) is 0.830. The van der Waals surface area contributed by atoms with E-state index in [2.05, 4.69) is 5.32 Å². The Balaban J connectivity index is 1.79. The van der Waals surface area contributed by atoms with Gasteiger partial charge in [0.1, 0.15) is 5.75 Å². The summed E-state index contributed by atoms with van der Waals surface area (Å²) in [7, 11) is 1.63. The van der Waals surface area contributed by atoms with Crippen LogP contribution in [0.3, 0.4) is 0 Å². The predicted molar refractivity (Wildman–Crippen MR) is 97.5 cm³/mol. The maximum atomic E-state index is 12.7. The van der Waals surface area contributed by atoms with Gasteiger partial charge >= 0.3 is 5.97 Å². The summed E-state index contributed by atoms with van der Waals surface area (Å²) < 4.78 is 10.6. The van der Waals surface area contributed by atoms with Gasteiger partial charge in [0.2, 0.25) is 5.91 Å². The van der Waals surface area contributed by atoms with Gasteiger partial charge in [0.25, 0.3) is 0 Å². The molecule has 1 amide bonds. The maximum absolute atomic E-state index is 12.7. The molecule has 1 saturated heterocycles. The molecule has 0 saturated carbocycles. The molecule has 1 heterocycles. The molecule has 3 rings (SSSR count). The summed E-state index contributed by atoms with van der Waals surface area (Å²) in [6.07, 6.45) is 0.373. The molecule has 6 nitrogen and oxygen atoms in total. The van der Waals surface area contributed by atoms with Gasteiger partial charge in [0.05, 0.1) is 31.6 Å². The molecule has 0 aliphatic carbocycles. The maximum Gasteiger partial charge on any atom is 0.305 e. The van der Waals surface area contributed by atoms with Gasteiger partial charge in [-0.2, -0.15) is 0 Å². The fraction of sp³-hybridized carbons (Fsp3) is 0.400. The zero-order valence-corrected chi connectivity index (χ0v) is 15.0. The highest BCUT2D eigenvalue weighted by atomic mass is 16.5. The molecule has 1 aliphatic heterocycles. The van der Waals surface area contributed by atoms with E-state index in [0.717, 1.165) is 22.1 Å². The Kier molecular flexibility index (Phi) is 5.13. The predicted octanol–water partition coefficient (Wildman–Crippen LogP) is 2.70. The SMILES string of the molecule is COc1ccc2cc([C@H](C)C(=O)NC3(CC(=O)O)CCOC3)ccc2c1. The van der Waals surface area contributed by atoms with Crippen molar-refractivity contribution in [3.8, 4) is 5.75 Å². The molecule has 138 valence electrons. The van der Waals surface area contributed by atoms with E-state index in [1.807, 2.05) is 43.3 Å². The van der Waals surface area contributed by atoms with Crippen LogP contribution in [0.2, 0.25) is 0 Å². The molecule has 0 aromatic heterocycles. The number of hydrogen-bond acceptors (Lipinski definition) is 4. The Morgan fingerprint density at radius 2 is 2.00 bits per heavy atom. The van der Waals surface area contributed by atoms with Crippen molar-refractivity contribution in [3.05, 3.63) is 42.0 Å². The second-order valence-electron chi connectivity index (χ2n) is 6.84. The number of nitrogens with one attached hydrogen (secondary N) is 1. The van der Waals surface area contributed by atoms with Crippen molar-refractivity contribution < 1.29 is 24.2 Å². The van der Waals surface area contributed by atoms with Crippen molar-refractivity contribution in [2.75, 3.05) is 20.3 Å². The lowest BCUT2D eigenvalue weighted by Crippen LogP contribution is -2.51. The summed E-state index contributed by atoms with van der Waals surface area (Å²) in [5, 5.41) is 14.1. The van der Waals surface area contributed by atoms with Crippen molar-refractivity contribution in [2.24, 2.45) is 0 Å². The number of amides is 1. The monoisotopic (exact) mass is 357 g/mol. The van der Waals surface area contributed by atoms with E-state index in [0.29, 0.717) is 13.0 Å². The molecule has 26 heavy (non-hydrogen) atoms. The number of carboxylic acid groups (broad SMARTS) is 1. The molecule has 0 radical (unpaired) electrons. The van der Waals surface area contributed by atoms with Gasteiger partial charge in [0.15, 0.2) is 0 Å². The highest BCUT2D eigenvalue weighted by molar-refractivity contribution is 5.89. The van der Waals surface area contributed by atoms with Crippen LogP contribution in [0.15, 0.2) is 36.4 Å². The Bertz CT molecular complexity index is 826. The highest BCUT2D eigenvalue weighted by Crippen LogP contribution is 2.27. The van der Waals surface area contributed by atoms with Gasteiger partial charge in [-0.05, 0) is 41.8 Å². The minimum atomic E-state index is -0.942. The van der Waals surface area contributed by atoms with Crippen molar-refractivity contribution in [3.63, 3.8) is 0 Å². The molecule has 2 atom stereocenters. The van der Waals surface area contributed by atoms with E-state index < -0.39 is 17.4 Å². The van der Waals surface area contributed by atoms with Gasteiger partial charge < -0.3 is 19.9 Å². The zero-order chi connectivity index (χ0) is 18.7. The summed E-state index contributed by atoms with van der Waals surface area (Å²) >= 11 is 0. The number of aliphatic carboxylic acids is 1. The lowest BCUT2D eigenvalue weighted by molar-refractivity contribution is -0.139. The van der Waals surface area contributed by atoms with E-state index in [1.165, 1.54) is 0 Å². The first-order valence-electron chi connectivity index (χ1n) is 8.62. The van der Waals surface area contributed by atoms with E-state index in [4.69, 9.17) is 14.6 Å². The van der Waals surface area contributed by atoms with Crippen LogP contribution < -0.4 is 10.1 Å². The molecule has 0 spiro atoms. The number of benzene rings is 2. The second-order valence-corrected chi connectivity index (χ2v) is 6.84. The number of rotatable bonds is 6. The average molecular weight is 357 g/mol. The third kappa shape index (κ3) is 3.80. The Morgan fingerprint density at radius 3 is 2.65 bits per heavy atom. The second kappa shape index (κ2) is 7.33. The number of carbonyl (C=O) groups is 2. The molecular weight excluding hydrogens is 334 g/mol. The molecular formula is C20H23NO5. The minimum absolute atomic E-state index is 0.136. The molecule has 2 aromatic rings. The minimum Gasteiger partial charge on any atom is -0.497 e. The Labute approximate surface area is 152 Å². The molecule has 6 heteroatoms. The van der Waals surface area contributed by atoms with Crippen LogP contribution in [0, 0.1) is 0 Å². The number of methoxy groups -OCH3 is 1. The lowest BCUT2D eigenvalue weighted by Gasteiger charge is -2.28. The van der Waals surface area contributed by atoms with Crippen LogP contribution in [0.5, 0.6) is 5.75 Å². The fourth-order valence-corrected chi connectivity index (χ4v) is 3.34. The Morgan fingerprint density at radius 1 is 1.27 bits per heavy atom. The van der Waals surface area contributed by atoms with Gasteiger partial charge in [-0.1, -0.05) is 24.3 Å². The first-order chi connectivity index (χ1) is 12.4. The first-order valence-corrected chi connectivity index (χ1v) is 8.62. The fourth-order valence-electron chi connectivity index (χ4n) is 3.34. The van der Waals surface area contributed by atoms with Gasteiger partial charge in [-0.15, -0.1) is 0 Å². The molecule has 1 unspecified atom stereocenters. The van der Waals surface area contributed by atoms with E-state index >= 15 is 0 Å². The Hall–Kier alpha value is -2.60. The molecule has 0 bridgehead atoms. The normalized spacial score (nSPS) is 20.7. The third-order valence-electron chi connectivity index (χ3n) is 4.95. The van der Waals surface area contributed by atoms with Crippen molar-refractivity contribution >= 4 is 22.6 Å². The van der Waals surface area contributed by atoms with Gasteiger partial charge in [0, 0.05) is 6.61 Å². The molecule has 1 fully saturated rings. The van der Waals surface area contributed by atoms with Crippen LogP contribution in [-0.4, -0.2) is 42.8 Å². The standard InChI is InChI=1S/C20H23NO5/c1-13(19(24)21-20(11-18(22)23)7-8-26-12-20)14-3-4-16-10-17(25-2)6-5-15(16)9-14/h3-6,9-10,13H,7-8,11-12H2,1-2H3,(H,21,24)(H,22,23)/t13-,20?/m0/s1. The zero-order valence-electron chi connectivity index (χ0n) is 15.0. The number of ether oxygens (including phenoxy) is 2. The van der Waals surface area contributed by atoms with Crippen molar-refractivity contribution in [1.82, 2.24) is 5.32 Å². The largest absolute Gasteiger partial charge is 0.497 e. The van der Waals surface area contributed by atoms with E-state index in [-0.39, 0.29) is 18.9 Å². The molecule has 1 aliphatic rings. The van der Waals surface area contributed by atoms with Crippen LogP contribution in [0.25, 0.3) is 10.8 Å². The van der Waals surface area contributed by atoms with Crippen LogP contribution in [-0.2, 0) is 14.3 Å². The van der Waals surface area contributed by atoms with Crippen LogP contribution in [0.4, 0.5) is 0 Å². The van der Waals surface area contributed by atoms with Gasteiger partial charge in [-0.3, -0.25) is 9.59 Å². The number of carbonyl (C=O) groups excluding carboxylic acids is 1. The topological polar surface area (TPSA) is 84.9 Å². The molecule has 2 N–H and O–H groups in total. The van der Waals surface area contributed by atoms with Crippen LogP contribution >= 0.6 is 0 Å². The van der Waals surface area contributed by atoms with Gasteiger partial charge in [-0.25, -0.2) is 0 Å². The third-order valence-corrected chi connectivity index (χ3v) is 4.95. The molecule has 2 aromatic carbocycles. The average Bonchev–Trinajstić information content (AvgIpc) is 3.07. The smallest absolute Gasteiger partial charge is 0.305 e.